The maximum Gasteiger partial charge on any atom is 0.340 e. The van der Waals surface area contributed by atoms with E-state index in [1.54, 1.807) is 0 Å². The smallest absolute Gasteiger partial charge is 0.340 e. The molecule has 1 aromatic carbocycles. The summed E-state index contributed by atoms with van der Waals surface area (Å²) in [6, 6.07) is 5.11. The summed E-state index contributed by atoms with van der Waals surface area (Å²) in [6.07, 6.45) is -3.77. The van der Waals surface area contributed by atoms with Crippen molar-refractivity contribution in [3.8, 4) is 5.75 Å². The fourth-order valence-corrected chi connectivity index (χ4v) is 0.903. The molecule has 0 amide bonds. The highest BCUT2D eigenvalue weighted by atomic mass is 19.3. The molecule has 4 nitrogen and oxygen atoms in total. The van der Waals surface area contributed by atoms with Crippen molar-refractivity contribution in [3.63, 3.8) is 0 Å². The minimum atomic E-state index is -4.19. The fraction of sp³-hybridized carbons (Fsp3) is 0.333. The van der Waals surface area contributed by atoms with Gasteiger partial charge in [-0.2, -0.15) is 8.78 Å². The first kappa shape index (κ1) is 13.1. The Morgan fingerprint density at radius 2 is 1.88 bits per heavy atom. The van der Waals surface area contributed by atoms with E-state index in [4.69, 9.17) is 5.53 Å². The molecule has 0 saturated heterocycles. The van der Waals surface area contributed by atoms with E-state index in [0.717, 1.165) is 0 Å². The number of halogens is 4. The predicted molar refractivity (Wildman–Crippen MR) is 51.7 cm³/mol. The maximum absolute atomic E-state index is 12.5. The van der Waals surface area contributed by atoms with Gasteiger partial charge in [0.25, 0.3) is 0 Å². The number of hydrogen-bond donors (Lipinski definition) is 0. The van der Waals surface area contributed by atoms with Gasteiger partial charge in [-0.3, -0.25) is 0 Å². The maximum atomic E-state index is 12.5. The highest BCUT2D eigenvalue weighted by Crippen LogP contribution is 2.25. The third-order valence-electron chi connectivity index (χ3n) is 1.75. The zero-order valence-electron chi connectivity index (χ0n) is 8.36. The summed E-state index contributed by atoms with van der Waals surface area (Å²) in [7, 11) is 0. The largest absolute Gasteiger partial charge is 0.487 e. The number of benzene rings is 1. The number of nitrogens with zero attached hydrogens (tertiary/aromatic N) is 3. The molecule has 0 saturated carbocycles. The molecule has 0 N–H and O–H groups in total. The fourth-order valence-electron chi connectivity index (χ4n) is 0.903. The molecule has 0 bridgehead atoms. The molecular formula is C9H7F4N3O. The second-order valence-electron chi connectivity index (χ2n) is 3.03. The summed E-state index contributed by atoms with van der Waals surface area (Å²) in [6.45, 7) is -1.41. The zero-order valence-corrected chi connectivity index (χ0v) is 8.36. The monoisotopic (exact) mass is 249 g/mol. The van der Waals surface area contributed by atoms with E-state index in [2.05, 4.69) is 14.8 Å². The van der Waals surface area contributed by atoms with Crippen LogP contribution in [0.5, 0.6) is 5.75 Å². The summed E-state index contributed by atoms with van der Waals surface area (Å²) in [4.78, 5) is 2.51. The molecule has 0 unspecified atom stereocenters. The third kappa shape index (κ3) is 3.84. The summed E-state index contributed by atoms with van der Waals surface area (Å²) in [5.41, 5.74) is 8.37. The third-order valence-corrected chi connectivity index (χ3v) is 1.75. The topological polar surface area (TPSA) is 58.0 Å². The Morgan fingerprint density at radius 1 is 1.29 bits per heavy atom. The lowest BCUT2D eigenvalue weighted by Gasteiger charge is -2.15. The van der Waals surface area contributed by atoms with Crippen molar-refractivity contribution < 1.29 is 22.3 Å². The van der Waals surface area contributed by atoms with Gasteiger partial charge in [-0.05, 0) is 29.8 Å². The average Bonchev–Trinajstić information content (AvgIpc) is 2.28. The van der Waals surface area contributed by atoms with Crippen LogP contribution in [-0.2, 0) is 0 Å². The van der Waals surface area contributed by atoms with Crippen LogP contribution >= 0.6 is 0 Å². The number of rotatable bonds is 5. The molecule has 1 rings (SSSR count). The van der Waals surface area contributed by atoms with Crippen molar-refractivity contribution in [1.82, 2.24) is 0 Å². The van der Waals surface area contributed by atoms with E-state index in [-0.39, 0.29) is 11.4 Å². The molecule has 0 aromatic heterocycles. The molecule has 0 atom stereocenters. The van der Waals surface area contributed by atoms with Crippen LogP contribution < -0.4 is 4.74 Å². The van der Waals surface area contributed by atoms with Crippen LogP contribution in [0.3, 0.4) is 0 Å². The van der Waals surface area contributed by atoms with Crippen molar-refractivity contribution in [2.24, 2.45) is 5.11 Å². The van der Waals surface area contributed by atoms with E-state index in [1.165, 1.54) is 24.3 Å². The number of ether oxygens (including phenoxy) is 1. The number of alkyl halides is 4. The van der Waals surface area contributed by atoms with Crippen molar-refractivity contribution in [2.45, 2.75) is 12.3 Å². The Hall–Kier alpha value is -1.95. The van der Waals surface area contributed by atoms with Gasteiger partial charge in [0.1, 0.15) is 5.75 Å². The minimum absolute atomic E-state index is 0.0118. The first-order chi connectivity index (χ1) is 7.95. The first-order valence-electron chi connectivity index (χ1n) is 4.39. The summed E-state index contributed by atoms with van der Waals surface area (Å²) < 4.78 is 53.1. The molecule has 0 fully saturated rings. The second-order valence-corrected chi connectivity index (χ2v) is 3.03. The van der Waals surface area contributed by atoms with E-state index in [1.807, 2.05) is 0 Å². The molecule has 0 heterocycles. The second kappa shape index (κ2) is 5.40. The van der Waals surface area contributed by atoms with Crippen LogP contribution in [0.1, 0.15) is 0 Å². The number of hydrogen-bond acceptors (Lipinski definition) is 2. The quantitative estimate of drug-likeness (QED) is 0.338. The highest BCUT2D eigenvalue weighted by molar-refractivity contribution is 5.40. The SMILES string of the molecule is [N-]=[N+]=Nc1ccc(OCC(F)(F)C(F)F)cc1. The molecule has 0 spiro atoms. The van der Waals surface area contributed by atoms with Crippen LogP contribution in [0.25, 0.3) is 10.4 Å². The molecule has 0 aliphatic rings. The predicted octanol–water partition coefficient (Wildman–Crippen LogP) is 3.91. The molecule has 17 heavy (non-hydrogen) atoms. The van der Waals surface area contributed by atoms with Crippen molar-refractivity contribution in [2.75, 3.05) is 6.61 Å². The van der Waals surface area contributed by atoms with Crippen LogP contribution in [0.4, 0.5) is 23.2 Å². The van der Waals surface area contributed by atoms with E-state index in [9.17, 15) is 17.6 Å². The molecule has 1 aromatic rings. The van der Waals surface area contributed by atoms with Crippen LogP contribution in [0, 0.1) is 0 Å². The van der Waals surface area contributed by atoms with Gasteiger partial charge in [-0.15, -0.1) is 0 Å². The van der Waals surface area contributed by atoms with Gasteiger partial charge in [0.15, 0.2) is 6.61 Å². The lowest BCUT2D eigenvalue weighted by Crippen LogP contribution is -2.33. The summed E-state index contributed by atoms with van der Waals surface area (Å²) in [5.74, 6) is -4.20. The Bertz CT molecular complexity index is 415. The van der Waals surface area contributed by atoms with Gasteiger partial charge in [0.2, 0.25) is 0 Å². The standard InChI is InChI=1S/C9H7F4N3O/c10-8(11)9(12,13)5-17-7-3-1-6(2-4-7)15-16-14/h1-4,8H,5H2. The normalized spacial score (nSPS) is 11.1. The van der Waals surface area contributed by atoms with Gasteiger partial charge in [-0.1, -0.05) is 5.11 Å². The van der Waals surface area contributed by atoms with Crippen molar-refractivity contribution >= 4 is 5.69 Å². The Kier molecular flexibility index (Phi) is 4.17. The van der Waals surface area contributed by atoms with Gasteiger partial charge < -0.3 is 4.74 Å². The molecular weight excluding hydrogens is 242 g/mol. The van der Waals surface area contributed by atoms with E-state index < -0.39 is 19.0 Å². The molecule has 8 heteroatoms. The molecule has 0 aliphatic carbocycles. The molecule has 0 radical (unpaired) electrons. The van der Waals surface area contributed by atoms with Gasteiger partial charge in [-0.25, -0.2) is 8.78 Å². The molecule has 0 aliphatic heterocycles. The first-order valence-corrected chi connectivity index (χ1v) is 4.39. The minimum Gasteiger partial charge on any atom is -0.487 e. The Balaban J connectivity index is 2.61. The Labute approximate surface area is 93.4 Å². The highest BCUT2D eigenvalue weighted by Gasteiger charge is 2.41. The van der Waals surface area contributed by atoms with Crippen LogP contribution in [0.15, 0.2) is 29.4 Å². The van der Waals surface area contributed by atoms with Crippen molar-refractivity contribution in [1.29, 1.82) is 0 Å². The summed E-state index contributed by atoms with van der Waals surface area (Å²) in [5, 5.41) is 3.24. The van der Waals surface area contributed by atoms with Gasteiger partial charge >= 0.3 is 12.3 Å². The van der Waals surface area contributed by atoms with Crippen LogP contribution in [0.2, 0.25) is 0 Å². The summed E-state index contributed by atoms with van der Waals surface area (Å²) >= 11 is 0. The Morgan fingerprint density at radius 3 is 2.35 bits per heavy atom. The van der Waals surface area contributed by atoms with Gasteiger partial charge in [0, 0.05) is 10.6 Å². The van der Waals surface area contributed by atoms with Gasteiger partial charge in [0.05, 0.1) is 0 Å². The lowest BCUT2D eigenvalue weighted by atomic mass is 10.3. The van der Waals surface area contributed by atoms with Crippen molar-refractivity contribution in [3.05, 3.63) is 34.7 Å². The lowest BCUT2D eigenvalue weighted by molar-refractivity contribution is -0.148. The number of azide groups is 1. The van der Waals surface area contributed by atoms with E-state index in [0.29, 0.717) is 0 Å². The molecule has 92 valence electrons. The van der Waals surface area contributed by atoms with E-state index >= 15 is 0 Å². The average molecular weight is 249 g/mol. The van der Waals surface area contributed by atoms with Crippen LogP contribution in [-0.4, -0.2) is 19.0 Å². The zero-order chi connectivity index (χ0) is 12.9.